The van der Waals surface area contributed by atoms with E-state index in [9.17, 15) is 20.1 Å². The van der Waals surface area contributed by atoms with Crippen LogP contribution in [-0.2, 0) is 4.79 Å². The van der Waals surface area contributed by atoms with Crippen LogP contribution in [0.3, 0.4) is 0 Å². The molecule has 0 amide bonds. The second-order valence-electron chi connectivity index (χ2n) is 3.11. The van der Waals surface area contributed by atoms with E-state index in [1.165, 1.54) is 0 Å². The van der Waals surface area contributed by atoms with E-state index in [0.29, 0.717) is 13.0 Å². The Kier molecular flexibility index (Phi) is 4.86. The first kappa shape index (κ1) is 12.3. The van der Waals surface area contributed by atoms with Crippen molar-refractivity contribution in [2.45, 2.75) is 31.1 Å². The first-order valence-electron chi connectivity index (χ1n) is 4.00. The van der Waals surface area contributed by atoms with Crippen molar-refractivity contribution in [1.82, 2.24) is 0 Å². The summed E-state index contributed by atoms with van der Waals surface area (Å²) in [4.78, 5) is 10.2. The first-order chi connectivity index (χ1) is 5.61. The molecular weight excluding hydrogens is 178 g/mol. The molecule has 6 nitrogen and oxygen atoms in total. The van der Waals surface area contributed by atoms with Crippen molar-refractivity contribution in [3.8, 4) is 0 Å². The molecule has 0 radical (unpaired) electrons. The number of piperidine rings is 1. The normalized spacial score (nSPS) is 33.5. The SMILES string of the molecule is O.O=C([O-])C[C@@H]1[NH2+]CC[C@@H](O)[C@H]1O. The highest BCUT2D eigenvalue weighted by Crippen LogP contribution is 2.06. The first-order valence-corrected chi connectivity index (χ1v) is 4.00. The maximum atomic E-state index is 10.2. The summed E-state index contributed by atoms with van der Waals surface area (Å²) in [7, 11) is 0. The van der Waals surface area contributed by atoms with Gasteiger partial charge >= 0.3 is 0 Å². The van der Waals surface area contributed by atoms with Gasteiger partial charge in [-0.15, -0.1) is 0 Å². The molecule has 0 aromatic heterocycles. The van der Waals surface area contributed by atoms with Crippen LogP contribution in [0.25, 0.3) is 0 Å². The van der Waals surface area contributed by atoms with Crippen LogP contribution in [0.5, 0.6) is 0 Å². The topological polar surface area (TPSA) is 129 Å². The number of carbonyl (C=O) groups excluding carboxylic acids is 1. The van der Waals surface area contributed by atoms with Gasteiger partial charge in [0, 0.05) is 18.8 Å². The number of hydrogen-bond acceptors (Lipinski definition) is 4. The highest BCUT2D eigenvalue weighted by atomic mass is 16.4. The maximum absolute atomic E-state index is 10.2. The fourth-order valence-corrected chi connectivity index (χ4v) is 1.47. The molecule has 78 valence electrons. The Balaban J connectivity index is 0.00000144. The van der Waals surface area contributed by atoms with Gasteiger partial charge in [-0.1, -0.05) is 0 Å². The Hall–Kier alpha value is -0.690. The molecule has 13 heavy (non-hydrogen) atoms. The fourth-order valence-electron chi connectivity index (χ4n) is 1.47. The minimum absolute atomic E-state index is 0. The van der Waals surface area contributed by atoms with E-state index in [0.717, 1.165) is 0 Å². The van der Waals surface area contributed by atoms with Crippen LogP contribution in [0.1, 0.15) is 12.8 Å². The molecule has 0 unspecified atom stereocenters. The number of nitrogens with two attached hydrogens (primary N) is 1. The van der Waals surface area contributed by atoms with Gasteiger partial charge in [0.15, 0.2) is 0 Å². The lowest BCUT2D eigenvalue weighted by molar-refractivity contribution is -0.708. The summed E-state index contributed by atoms with van der Waals surface area (Å²) in [5.41, 5.74) is 0. The highest BCUT2D eigenvalue weighted by molar-refractivity contribution is 5.64. The number of aliphatic carboxylic acids is 1. The van der Waals surface area contributed by atoms with Crippen molar-refractivity contribution in [3.05, 3.63) is 0 Å². The number of quaternary nitrogens is 1. The number of hydrogen-bond donors (Lipinski definition) is 3. The molecule has 1 fully saturated rings. The highest BCUT2D eigenvalue weighted by Gasteiger charge is 2.33. The van der Waals surface area contributed by atoms with Crippen molar-refractivity contribution in [3.63, 3.8) is 0 Å². The lowest BCUT2D eigenvalue weighted by Gasteiger charge is -2.29. The van der Waals surface area contributed by atoms with Crippen LogP contribution in [0, 0.1) is 0 Å². The summed E-state index contributed by atoms with van der Waals surface area (Å²) in [6, 6.07) is -0.459. The van der Waals surface area contributed by atoms with E-state index in [-0.39, 0.29) is 11.9 Å². The molecule has 1 heterocycles. The Bertz CT molecular complexity index is 174. The number of rotatable bonds is 2. The van der Waals surface area contributed by atoms with E-state index < -0.39 is 24.2 Å². The van der Waals surface area contributed by atoms with Gasteiger partial charge in [0.05, 0.1) is 12.6 Å². The van der Waals surface area contributed by atoms with E-state index in [1.54, 1.807) is 5.32 Å². The molecule has 6 N–H and O–H groups in total. The van der Waals surface area contributed by atoms with Crippen molar-refractivity contribution in [1.29, 1.82) is 0 Å². The van der Waals surface area contributed by atoms with Crippen molar-refractivity contribution in [2.75, 3.05) is 6.54 Å². The zero-order valence-electron chi connectivity index (χ0n) is 7.14. The van der Waals surface area contributed by atoms with Gasteiger partial charge in [-0.2, -0.15) is 0 Å². The Labute approximate surface area is 75.5 Å². The zero-order valence-corrected chi connectivity index (χ0v) is 7.14. The quantitative estimate of drug-likeness (QED) is 0.407. The largest absolute Gasteiger partial charge is 0.550 e. The van der Waals surface area contributed by atoms with Crippen molar-refractivity contribution in [2.24, 2.45) is 0 Å². The van der Waals surface area contributed by atoms with Crippen LogP contribution >= 0.6 is 0 Å². The Morgan fingerprint density at radius 3 is 2.69 bits per heavy atom. The molecule has 0 saturated carbocycles. The molecular formula is C7H15NO5. The molecule has 1 rings (SSSR count). The molecule has 0 aromatic rings. The average Bonchev–Trinajstić information content (AvgIpc) is 1.98. The van der Waals surface area contributed by atoms with Gasteiger partial charge in [-0.3, -0.25) is 0 Å². The lowest BCUT2D eigenvalue weighted by Crippen LogP contribution is -2.96. The zero-order chi connectivity index (χ0) is 9.14. The summed E-state index contributed by atoms with van der Waals surface area (Å²) < 4.78 is 0. The average molecular weight is 193 g/mol. The van der Waals surface area contributed by atoms with E-state index in [4.69, 9.17) is 0 Å². The third-order valence-electron chi connectivity index (χ3n) is 2.17. The summed E-state index contributed by atoms with van der Waals surface area (Å²) in [5.74, 6) is -1.19. The van der Waals surface area contributed by atoms with Crippen molar-refractivity contribution >= 4 is 5.97 Å². The van der Waals surface area contributed by atoms with Crippen LogP contribution < -0.4 is 10.4 Å². The van der Waals surface area contributed by atoms with Gasteiger partial charge < -0.3 is 30.9 Å². The van der Waals surface area contributed by atoms with Crippen LogP contribution in [0.4, 0.5) is 0 Å². The summed E-state index contributed by atoms with van der Waals surface area (Å²) >= 11 is 0. The van der Waals surface area contributed by atoms with E-state index in [2.05, 4.69) is 0 Å². The van der Waals surface area contributed by atoms with Crippen molar-refractivity contribution < 1.29 is 30.9 Å². The predicted octanol–water partition coefficient (Wildman–Crippen LogP) is -4.64. The predicted molar refractivity (Wildman–Crippen MR) is 40.4 cm³/mol. The number of carbonyl (C=O) groups is 1. The smallest absolute Gasteiger partial charge is 0.132 e. The van der Waals surface area contributed by atoms with E-state index in [1.807, 2.05) is 0 Å². The van der Waals surface area contributed by atoms with E-state index >= 15 is 0 Å². The van der Waals surface area contributed by atoms with Gasteiger partial charge in [0.25, 0.3) is 0 Å². The molecule has 1 aliphatic heterocycles. The molecule has 0 aliphatic carbocycles. The Morgan fingerprint density at radius 1 is 1.54 bits per heavy atom. The van der Waals surface area contributed by atoms with Crippen LogP contribution in [0.15, 0.2) is 0 Å². The fraction of sp³-hybridized carbons (Fsp3) is 0.857. The third-order valence-corrected chi connectivity index (χ3v) is 2.17. The number of carboxylic acid groups (broad SMARTS) is 1. The summed E-state index contributed by atoms with van der Waals surface area (Å²) in [6.45, 7) is 0.649. The summed E-state index contributed by atoms with van der Waals surface area (Å²) in [5, 5.41) is 30.4. The number of carboxylic acids is 1. The van der Waals surface area contributed by atoms with Gasteiger partial charge in [0.2, 0.25) is 0 Å². The minimum Gasteiger partial charge on any atom is -0.550 e. The second kappa shape index (κ2) is 5.13. The van der Waals surface area contributed by atoms with Gasteiger partial charge in [0.1, 0.15) is 12.1 Å². The third kappa shape index (κ3) is 3.27. The number of aliphatic hydroxyl groups excluding tert-OH is 2. The van der Waals surface area contributed by atoms with Crippen LogP contribution in [-0.4, -0.2) is 46.5 Å². The number of aliphatic hydroxyl groups is 2. The van der Waals surface area contributed by atoms with Crippen LogP contribution in [0.2, 0.25) is 0 Å². The Morgan fingerprint density at radius 2 is 2.15 bits per heavy atom. The summed E-state index contributed by atoms with van der Waals surface area (Å²) in [6.07, 6.45) is -1.45. The van der Waals surface area contributed by atoms with Gasteiger partial charge in [-0.25, -0.2) is 0 Å². The molecule has 1 saturated heterocycles. The van der Waals surface area contributed by atoms with Gasteiger partial charge in [-0.05, 0) is 0 Å². The lowest BCUT2D eigenvalue weighted by atomic mass is 9.96. The second-order valence-corrected chi connectivity index (χ2v) is 3.11. The minimum atomic E-state index is -1.19. The maximum Gasteiger partial charge on any atom is 0.132 e. The molecule has 0 spiro atoms. The molecule has 3 atom stereocenters. The molecule has 0 bridgehead atoms. The standard InChI is InChI=1S/C7H13NO4.H2O/c9-5-1-2-8-4(7(5)12)3-6(10)11;/h4-5,7-9,12H,1-3H2,(H,10,11);1H2/t4-,5+,7-;/m0./s1. The molecule has 6 heteroatoms. The molecule has 0 aromatic carbocycles. The molecule has 1 aliphatic rings. The monoisotopic (exact) mass is 193 g/mol.